The second kappa shape index (κ2) is 6.91. The van der Waals surface area contributed by atoms with E-state index in [0.29, 0.717) is 23.4 Å². The van der Waals surface area contributed by atoms with E-state index in [2.05, 4.69) is 15.0 Å². The number of benzene rings is 1. The van der Waals surface area contributed by atoms with Crippen LogP contribution in [0.25, 0.3) is 11.4 Å². The lowest BCUT2D eigenvalue weighted by molar-refractivity contribution is -0.128. The smallest absolute Gasteiger partial charge is 0.293 e. The first-order valence-electron chi connectivity index (χ1n) is 7.26. The Labute approximate surface area is 137 Å². The van der Waals surface area contributed by atoms with E-state index in [9.17, 15) is 9.18 Å². The Kier molecular flexibility index (Phi) is 4.51. The molecule has 6 nitrogen and oxygen atoms in total. The first-order valence-corrected chi connectivity index (χ1v) is 7.26. The highest BCUT2D eigenvalue weighted by molar-refractivity contribution is 5.57. The van der Waals surface area contributed by atoms with Gasteiger partial charge in [0, 0.05) is 18.3 Å². The van der Waals surface area contributed by atoms with Gasteiger partial charge < -0.3 is 15.5 Å². The lowest BCUT2D eigenvalue weighted by atomic mass is 9.93. The first kappa shape index (κ1) is 15.7. The zero-order valence-electron chi connectivity index (χ0n) is 12.6. The minimum absolute atomic E-state index is 0.0354. The predicted octanol–water partition coefficient (Wildman–Crippen LogP) is 2.50. The minimum atomic E-state index is -0.430. The maximum Gasteiger partial charge on any atom is 0.293 e. The van der Waals surface area contributed by atoms with Crippen molar-refractivity contribution in [3.8, 4) is 11.4 Å². The van der Waals surface area contributed by atoms with Crippen molar-refractivity contribution in [3.63, 3.8) is 0 Å². The summed E-state index contributed by atoms with van der Waals surface area (Å²) >= 11 is 0. The number of ether oxygens (including phenoxy) is 1. The van der Waals surface area contributed by atoms with Crippen LogP contribution in [0.5, 0.6) is 0 Å². The standard InChI is InChI=1S/C17H15FN4O2/c18-14-4-2-1-3-12(14)13(9-24-10-23)11-7-16(21-8-11)15-5-6-20-17(19)22-15/h1-8,10,13,21H,9H2,(H2,19,20,22). The Bertz CT molecular complexity index is 850. The molecule has 0 amide bonds. The average molecular weight is 326 g/mol. The van der Waals surface area contributed by atoms with Gasteiger partial charge in [0.2, 0.25) is 5.95 Å². The van der Waals surface area contributed by atoms with E-state index in [4.69, 9.17) is 10.5 Å². The van der Waals surface area contributed by atoms with Crippen LogP contribution < -0.4 is 5.73 Å². The van der Waals surface area contributed by atoms with Gasteiger partial charge in [0.15, 0.2) is 0 Å². The molecule has 0 radical (unpaired) electrons. The Balaban J connectivity index is 1.97. The largest absolute Gasteiger partial charge is 0.467 e. The molecule has 1 unspecified atom stereocenters. The van der Waals surface area contributed by atoms with Crippen LogP contribution in [0.1, 0.15) is 17.0 Å². The van der Waals surface area contributed by atoms with Crippen LogP contribution >= 0.6 is 0 Å². The molecule has 1 atom stereocenters. The molecule has 0 saturated heterocycles. The van der Waals surface area contributed by atoms with Gasteiger partial charge in [-0.3, -0.25) is 4.79 Å². The van der Waals surface area contributed by atoms with Gasteiger partial charge in [-0.25, -0.2) is 14.4 Å². The van der Waals surface area contributed by atoms with Gasteiger partial charge in [0.05, 0.1) is 11.4 Å². The molecule has 24 heavy (non-hydrogen) atoms. The number of nitrogens with one attached hydrogen (secondary N) is 1. The number of nitrogen functional groups attached to an aromatic ring is 1. The summed E-state index contributed by atoms with van der Waals surface area (Å²) in [5, 5.41) is 0. The molecule has 3 aromatic rings. The topological polar surface area (TPSA) is 93.9 Å². The molecule has 0 fully saturated rings. The van der Waals surface area contributed by atoms with E-state index in [-0.39, 0.29) is 18.4 Å². The van der Waals surface area contributed by atoms with Crippen LogP contribution in [0, 0.1) is 5.82 Å². The summed E-state index contributed by atoms with van der Waals surface area (Å²) in [4.78, 5) is 21.6. The van der Waals surface area contributed by atoms with Crippen LogP contribution in [-0.4, -0.2) is 28.0 Å². The fourth-order valence-electron chi connectivity index (χ4n) is 2.54. The van der Waals surface area contributed by atoms with Crippen LogP contribution in [0.15, 0.2) is 48.8 Å². The minimum Gasteiger partial charge on any atom is -0.467 e. The second-order valence-corrected chi connectivity index (χ2v) is 5.15. The maximum atomic E-state index is 14.1. The number of anilines is 1. The summed E-state index contributed by atoms with van der Waals surface area (Å²) in [6.45, 7) is 0.389. The number of carbonyl (C=O) groups excluding carboxylic acids is 1. The number of rotatable bonds is 6. The number of carbonyl (C=O) groups is 1. The van der Waals surface area contributed by atoms with Crippen molar-refractivity contribution in [3.05, 3.63) is 65.7 Å². The molecule has 0 bridgehead atoms. The zero-order valence-corrected chi connectivity index (χ0v) is 12.6. The first-order chi connectivity index (χ1) is 11.7. The van der Waals surface area contributed by atoms with Gasteiger partial charge in [0.25, 0.3) is 6.47 Å². The fraction of sp³-hybridized carbons (Fsp3) is 0.118. The molecule has 2 aromatic heterocycles. The molecule has 1 aromatic carbocycles. The molecule has 0 aliphatic rings. The molecular weight excluding hydrogens is 311 g/mol. The van der Waals surface area contributed by atoms with Gasteiger partial charge in [-0.1, -0.05) is 18.2 Å². The van der Waals surface area contributed by atoms with Crippen molar-refractivity contribution in [2.45, 2.75) is 5.92 Å². The monoisotopic (exact) mass is 326 g/mol. The maximum absolute atomic E-state index is 14.1. The van der Waals surface area contributed by atoms with E-state index in [1.54, 1.807) is 36.7 Å². The Morgan fingerprint density at radius 1 is 1.33 bits per heavy atom. The van der Waals surface area contributed by atoms with Crippen molar-refractivity contribution < 1.29 is 13.9 Å². The molecule has 2 heterocycles. The quantitative estimate of drug-likeness (QED) is 0.679. The van der Waals surface area contributed by atoms with Crippen LogP contribution in [0.3, 0.4) is 0 Å². The molecule has 122 valence electrons. The van der Waals surface area contributed by atoms with Gasteiger partial charge in [-0.05, 0) is 29.3 Å². The molecule has 0 aliphatic carbocycles. The third-order valence-corrected chi connectivity index (χ3v) is 3.67. The van der Waals surface area contributed by atoms with Crippen molar-refractivity contribution in [2.75, 3.05) is 12.3 Å². The van der Waals surface area contributed by atoms with Crippen LogP contribution in [0.2, 0.25) is 0 Å². The molecule has 0 saturated carbocycles. The molecule has 0 aliphatic heterocycles. The number of H-pyrrole nitrogens is 1. The Hall–Kier alpha value is -3.22. The summed E-state index contributed by atoms with van der Waals surface area (Å²) in [7, 11) is 0. The third-order valence-electron chi connectivity index (χ3n) is 3.67. The summed E-state index contributed by atoms with van der Waals surface area (Å²) in [5.41, 5.74) is 8.15. The average Bonchev–Trinajstić information content (AvgIpc) is 3.07. The Morgan fingerprint density at radius 2 is 2.17 bits per heavy atom. The van der Waals surface area contributed by atoms with Gasteiger partial charge in [0.1, 0.15) is 12.4 Å². The van der Waals surface area contributed by atoms with E-state index in [1.165, 1.54) is 6.07 Å². The lowest BCUT2D eigenvalue weighted by Crippen LogP contribution is -2.10. The number of hydrogen-bond donors (Lipinski definition) is 2. The number of nitrogens with two attached hydrogens (primary N) is 1. The fourth-order valence-corrected chi connectivity index (χ4v) is 2.54. The molecule has 3 N–H and O–H groups in total. The van der Waals surface area contributed by atoms with Gasteiger partial charge in [-0.2, -0.15) is 0 Å². The molecule has 7 heteroatoms. The number of hydrogen-bond acceptors (Lipinski definition) is 5. The van der Waals surface area contributed by atoms with Gasteiger partial charge in [-0.15, -0.1) is 0 Å². The van der Waals surface area contributed by atoms with Gasteiger partial charge >= 0.3 is 0 Å². The number of aromatic nitrogens is 3. The second-order valence-electron chi connectivity index (χ2n) is 5.15. The van der Waals surface area contributed by atoms with E-state index in [1.807, 2.05) is 6.07 Å². The number of nitrogens with zero attached hydrogens (tertiary/aromatic N) is 2. The highest BCUT2D eigenvalue weighted by Crippen LogP contribution is 2.29. The normalized spacial score (nSPS) is 11.9. The van der Waals surface area contributed by atoms with Crippen molar-refractivity contribution >= 4 is 12.4 Å². The SMILES string of the molecule is Nc1nccc(-c2cc(C(COC=O)c3ccccc3F)c[nH]2)n1. The summed E-state index contributed by atoms with van der Waals surface area (Å²) in [6, 6.07) is 9.94. The summed E-state index contributed by atoms with van der Waals surface area (Å²) in [5.74, 6) is -0.620. The predicted molar refractivity (Wildman–Crippen MR) is 86.5 cm³/mol. The highest BCUT2D eigenvalue weighted by Gasteiger charge is 2.20. The van der Waals surface area contributed by atoms with E-state index < -0.39 is 5.92 Å². The van der Waals surface area contributed by atoms with Crippen LogP contribution in [0.4, 0.5) is 10.3 Å². The molecule has 3 rings (SSSR count). The summed E-state index contributed by atoms with van der Waals surface area (Å²) in [6.07, 6.45) is 3.29. The zero-order chi connectivity index (χ0) is 16.9. The van der Waals surface area contributed by atoms with E-state index >= 15 is 0 Å². The van der Waals surface area contributed by atoms with Crippen molar-refractivity contribution in [1.29, 1.82) is 0 Å². The van der Waals surface area contributed by atoms with Crippen molar-refractivity contribution in [1.82, 2.24) is 15.0 Å². The lowest BCUT2D eigenvalue weighted by Gasteiger charge is -2.15. The van der Waals surface area contributed by atoms with Crippen molar-refractivity contribution in [2.24, 2.45) is 0 Å². The number of aromatic amines is 1. The summed E-state index contributed by atoms with van der Waals surface area (Å²) < 4.78 is 19.0. The molecule has 0 spiro atoms. The van der Waals surface area contributed by atoms with E-state index in [0.717, 1.165) is 5.56 Å². The molecular formula is C17H15FN4O2. The highest BCUT2D eigenvalue weighted by atomic mass is 19.1. The Morgan fingerprint density at radius 3 is 2.92 bits per heavy atom. The number of halogens is 1. The third kappa shape index (κ3) is 3.24. The van der Waals surface area contributed by atoms with Crippen LogP contribution in [-0.2, 0) is 9.53 Å².